The molecule has 1 aromatic carbocycles. The van der Waals surface area contributed by atoms with Gasteiger partial charge in [-0.15, -0.1) is 11.3 Å². The van der Waals surface area contributed by atoms with Gasteiger partial charge in [0, 0.05) is 16.6 Å². The van der Waals surface area contributed by atoms with E-state index in [9.17, 15) is 9.90 Å². The number of carboxylic acid groups (broad SMARTS) is 1. The maximum atomic E-state index is 11.4. The molecule has 0 spiro atoms. The van der Waals surface area contributed by atoms with Crippen LogP contribution in [0.15, 0.2) is 23.6 Å². The van der Waals surface area contributed by atoms with Crippen LogP contribution >= 0.6 is 11.3 Å². The van der Waals surface area contributed by atoms with Crippen LogP contribution in [-0.2, 0) is 11.2 Å². The summed E-state index contributed by atoms with van der Waals surface area (Å²) in [6.07, 6.45) is -0.0275. The highest BCUT2D eigenvalue weighted by molar-refractivity contribution is 7.15. The second-order valence-corrected chi connectivity index (χ2v) is 7.07. The number of benzene rings is 1. The minimum atomic E-state index is -0.835. The lowest BCUT2D eigenvalue weighted by atomic mass is 10.0. The molecular formula is C18H20N2O2S. The molecule has 120 valence electrons. The van der Waals surface area contributed by atoms with Gasteiger partial charge in [-0.3, -0.25) is 9.20 Å². The number of rotatable bonds is 4. The largest absolute Gasteiger partial charge is 0.481 e. The van der Waals surface area contributed by atoms with E-state index < -0.39 is 5.97 Å². The average Bonchev–Trinajstić information content (AvgIpc) is 2.99. The number of aryl methyl sites for hydroxylation is 2. The molecular weight excluding hydrogens is 308 g/mol. The standard InChI is InChI=1S/C18H20N2O2S/c1-10(2)15-9-23-18-19-17(14(20(15)18)8-16(21)22)13-6-5-11(3)7-12(13)4/h5-7,9-10H,8H2,1-4H3,(H,21,22). The number of fused-ring (bicyclic) bond motifs is 1. The number of thiazole rings is 1. The highest BCUT2D eigenvalue weighted by atomic mass is 32.1. The number of aliphatic carboxylic acids is 1. The number of aromatic nitrogens is 2. The lowest BCUT2D eigenvalue weighted by Gasteiger charge is -2.09. The summed E-state index contributed by atoms with van der Waals surface area (Å²) in [6.45, 7) is 8.33. The molecule has 0 aliphatic carbocycles. The van der Waals surface area contributed by atoms with Gasteiger partial charge in [-0.2, -0.15) is 0 Å². The summed E-state index contributed by atoms with van der Waals surface area (Å²) in [5.41, 5.74) is 5.99. The summed E-state index contributed by atoms with van der Waals surface area (Å²) in [5.74, 6) is -0.517. The third-order valence-corrected chi connectivity index (χ3v) is 4.88. The summed E-state index contributed by atoms with van der Waals surface area (Å²) in [4.78, 5) is 17.0. The van der Waals surface area contributed by atoms with Gasteiger partial charge in [-0.25, -0.2) is 4.98 Å². The Hall–Kier alpha value is -2.14. The van der Waals surface area contributed by atoms with Gasteiger partial charge < -0.3 is 5.11 Å². The second kappa shape index (κ2) is 5.81. The maximum Gasteiger partial charge on any atom is 0.309 e. The molecule has 0 amide bonds. The monoisotopic (exact) mass is 328 g/mol. The minimum Gasteiger partial charge on any atom is -0.481 e. The number of nitrogens with zero attached hydrogens (tertiary/aromatic N) is 2. The first-order chi connectivity index (χ1) is 10.9. The molecule has 0 atom stereocenters. The van der Waals surface area contributed by atoms with Crippen molar-refractivity contribution in [1.29, 1.82) is 0 Å². The Morgan fingerprint density at radius 1 is 1.35 bits per heavy atom. The molecule has 0 aliphatic heterocycles. The lowest BCUT2D eigenvalue weighted by Crippen LogP contribution is -2.07. The first-order valence-corrected chi connectivity index (χ1v) is 8.54. The van der Waals surface area contributed by atoms with E-state index in [0.29, 0.717) is 5.92 Å². The fourth-order valence-corrected chi connectivity index (χ4v) is 4.01. The molecule has 3 rings (SSSR count). The summed E-state index contributed by atoms with van der Waals surface area (Å²) in [6, 6.07) is 6.19. The highest BCUT2D eigenvalue weighted by Crippen LogP contribution is 2.33. The Labute approximate surface area is 139 Å². The molecule has 2 aromatic heterocycles. The van der Waals surface area contributed by atoms with Crippen LogP contribution in [0.2, 0.25) is 0 Å². The van der Waals surface area contributed by atoms with Crippen LogP contribution in [0.25, 0.3) is 16.2 Å². The predicted molar refractivity (Wildman–Crippen MR) is 93.4 cm³/mol. The molecule has 0 aliphatic rings. The molecule has 0 unspecified atom stereocenters. The first kappa shape index (κ1) is 15.7. The quantitative estimate of drug-likeness (QED) is 0.771. The molecule has 5 heteroatoms. The van der Waals surface area contributed by atoms with Crippen molar-refractivity contribution >= 4 is 22.3 Å². The van der Waals surface area contributed by atoms with E-state index in [4.69, 9.17) is 4.98 Å². The van der Waals surface area contributed by atoms with Crippen molar-refractivity contribution in [2.45, 2.75) is 40.0 Å². The van der Waals surface area contributed by atoms with E-state index in [2.05, 4.69) is 32.2 Å². The minimum absolute atomic E-state index is 0.0275. The van der Waals surface area contributed by atoms with Crippen LogP contribution in [0.4, 0.5) is 0 Å². The number of carboxylic acids is 1. The van der Waals surface area contributed by atoms with Crippen molar-refractivity contribution < 1.29 is 9.90 Å². The van der Waals surface area contributed by atoms with Gasteiger partial charge in [0.1, 0.15) is 0 Å². The third kappa shape index (κ3) is 2.77. The van der Waals surface area contributed by atoms with E-state index in [0.717, 1.165) is 33.2 Å². The third-order valence-electron chi connectivity index (χ3n) is 4.03. The van der Waals surface area contributed by atoms with Crippen LogP contribution in [0.3, 0.4) is 0 Å². The summed E-state index contributed by atoms with van der Waals surface area (Å²) < 4.78 is 2.03. The van der Waals surface area contributed by atoms with Gasteiger partial charge in [-0.05, 0) is 25.3 Å². The fourth-order valence-electron chi connectivity index (χ4n) is 2.94. The van der Waals surface area contributed by atoms with Crippen molar-refractivity contribution in [3.63, 3.8) is 0 Å². The zero-order chi connectivity index (χ0) is 16.7. The van der Waals surface area contributed by atoms with Crippen LogP contribution < -0.4 is 0 Å². The van der Waals surface area contributed by atoms with Crippen molar-refractivity contribution in [1.82, 2.24) is 9.38 Å². The van der Waals surface area contributed by atoms with Crippen molar-refractivity contribution in [2.24, 2.45) is 0 Å². The van der Waals surface area contributed by atoms with Crippen molar-refractivity contribution in [3.05, 3.63) is 46.1 Å². The van der Waals surface area contributed by atoms with Crippen LogP contribution in [0.5, 0.6) is 0 Å². The number of hydrogen-bond donors (Lipinski definition) is 1. The second-order valence-electron chi connectivity index (χ2n) is 6.23. The zero-order valence-corrected chi connectivity index (χ0v) is 14.6. The molecule has 23 heavy (non-hydrogen) atoms. The molecule has 2 heterocycles. The molecule has 1 N–H and O–H groups in total. The molecule has 0 radical (unpaired) electrons. The summed E-state index contributed by atoms with van der Waals surface area (Å²) >= 11 is 1.57. The Kier molecular flexibility index (Phi) is 3.98. The number of imidazole rings is 1. The van der Waals surface area contributed by atoms with Crippen LogP contribution in [0.1, 0.15) is 42.3 Å². The Morgan fingerprint density at radius 3 is 2.70 bits per heavy atom. The molecule has 0 bridgehead atoms. The molecule has 3 aromatic rings. The van der Waals surface area contributed by atoms with Crippen molar-refractivity contribution in [3.8, 4) is 11.3 Å². The van der Waals surface area contributed by atoms with Gasteiger partial charge >= 0.3 is 5.97 Å². The lowest BCUT2D eigenvalue weighted by molar-refractivity contribution is -0.136. The van der Waals surface area contributed by atoms with Crippen LogP contribution in [-0.4, -0.2) is 20.5 Å². The van der Waals surface area contributed by atoms with E-state index in [-0.39, 0.29) is 6.42 Å². The maximum absolute atomic E-state index is 11.4. The SMILES string of the molecule is Cc1ccc(-c2nc3scc(C(C)C)n3c2CC(=O)O)c(C)c1. The smallest absolute Gasteiger partial charge is 0.309 e. The molecule has 0 saturated carbocycles. The normalized spacial score (nSPS) is 11.5. The molecule has 0 saturated heterocycles. The van der Waals surface area contributed by atoms with E-state index >= 15 is 0 Å². The zero-order valence-electron chi connectivity index (χ0n) is 13.8. The fraction of sp³-hybridized carbons (Fsp3) is 0.333. The topological polar surface area (TPSA) is 54.6 Å². The van der Waals surface area contributed by atoms with Gasteiger partial charge in [0.05, 0.1) is 17.8 Å². The Bertz CT molecular complexity index is 890. The van der Waals surface area contributed by atoms with Gasteiger partial charge in [0.15, 0.2) is 4.96 Å². The predicted octanol–water partition coefficient (Wildman–Crippen LogP) is 4.43. The highest BCUT2D eigenvalue weighted by Gasteiger charge is 2.22. The van der Waals surface area contributed by atoms with Gasteiger partial charge in [0.2, 0.25) is 0 Å². The summed E-state index contributed by atoms with van der Waals surface area (Å²) in [5, 5.41) is 11.4. The number of hydrogen-bond acceptors (Lipinski definition) is 3. The molecule has 0 fully saturated rings. The van der Waals surface area contributed by atoms with E-state index in [1.54, 1.807) is 11.3 Å². The van der Waals surface area contributed by atoms with E-state index in [1.165, 1.54) is 5.56 Å². The Balaban J connectivity index is 2.29. The van der Waals surface area contributed by atoms with Crippen LogP contribution in [0, 0.1) is 13.8 Å². The Morgan fingerprint density at radius 2 is 2.09 bits per heavy atom. The van der Waals surface area contributed by atoms with Gasteiger partial charge in [-0.1, -0.05) is 37.6 Å². The average molecular weight is 328 g/mol. The van der Waals surface area contributed by atoms with E-state index in [1.807, 2.05) is 23.5 Å². The number of carbonyl (C=O) groups is 1. The summed E-state index contributed by atoms with van der Waals surface area (Å²) in [7, 11) is 0. The molecule has 4 nitrogen and oxygen atoms in total. The first-order valence-electron chi connectivity index (χ1n) is 7.66. The van der Waals surface area contributed by atoms with Crippen molar-refractivity contribution in [2.75, 3.05) is 0 Å². The van der Waals surface area contributed by atoms with Gasteiger partial charge in [0.25, 0.3) is 0 Å².